The molecule has 1 saturated heterocycles. The summed E-state index contributed by atoms with van der Waals surface area (Å²) in [4.78, 5) is 88.3. The molecule has 1 aliphatic heterocycles. The highest BCUT2D eigenvalue weighted by molar-refractivity contribution is 6.03. The van der Waals surface area contributed by atoms with Crippen LogP contribution in [0.4, 0.5) is 0 Å². The van der Waals surface area contributed by atoms with Gasteiger partial charge in [-0.25, -0.2) is 0 Å². The van der Waals surface area contributed by atoms with Gasteiger partial charge in [-0.2, -0.15) is 0 Å². The Morgan fingerprint density at radius 2 is 1.36 bits per heavy atom. The predicted molar refractivity (Wildman–Crippen MR) is 176 cm³/mol. The minimum atomic E-state index is -0.987. The average Bonchev–Trinajstić information content (AvgIpc) is 3.29. The molecule has 7 amide bonds. The van der Waals surface area contributed by atoms with Crippen LogP contribution in [0.3, 0.4) is 0 Å². The van der Waals surface area contributed by atoms with Crippen molar-refractivity contribution in [3.8, 4) is 0 Å². The summed E-state index contributed by atoms with van der Waals surface area (Å²) >= 11 is 0. The van der Waals surface area contributed by atoms with E-state index in [4.69, 9.17) is 0 Å². The molecule has 1 aromatic rings. The highest BCUT2D eigenvalue weighted by Crippen LogP contribution is 2.35. The first-order chi connectivity index (χ1) is 22.0. The van der Waals surface area contributed by atoms with Crippen LogP contribution in [0.5, 0.6) is 0 Å². The molecule has 0 aliphatic carbocycles. The third kappa shape index (κ3) is 14.8. The van der Waals surface area contributed by atoms with Crippen molar-refractivity contribution in [2.75, 3.05) is 32.7 Å². The van der Waals surface area contributed by atoms with E-state index in [1.165, 1.54) is 4.90 Å². The number of benzene rings is 1. The summed E-state index contributed by atoms with van der Waals surface area (Å²) in [6.07, 6.45) is 2.33. The van der Waals surface area contributed by atoms with Gasteiger partial charge in [0.05, 0.1) is 25.6 Å². The van der Waals surface area contributed by atoms with Gasteiger partial charge in [-0.15, -0.1) is 0 Å². The van der Waals surface area contributed by atoms with Crippen molar-refractivity contribution in [1.29, 1.82) is 0 Å². The lowest BCUT2D eigenvalue weighted by atomic mass is 9.80. The number of nitrogens with zero attached hydrogens (tertiary/aromatic N) is 1. The molecule has 1 aromatic carbocycles. The van der Waals surface area contributed by atoms with Crippen molar-refractivity contribution in [1.82, 2.24) is 31.5 Å². The Labute approximate surface area is 277 Å². The van der Waals surface area contributed by atoms with E-state index >= 15 is 0 Å². The number of hydrogen-bond donors (Lipinski definition) is 5. The molecule has 0 bridgehead atoms. The van der Waals surface area contributed by atoms with Crippen molar-refractivity contribution < 1.29 is 33.6 Å². The van der Waals surface area contributed by atoms with E-state index in [0.717, 1.165) is 5.56 Å². The molecule has 0 aromatic heterocycles. The van der Waals surface area contributed by atoms with Gasteiger partial charge in [0.1, 0.15) is 6.04 Å². The molecule has 1 heterocycles. The SMILES string of the molecule is CC(C)(C)CNC(=O)CNC(=O)C(Cc1ccccc1)NC(=O)CNC(=O)CNC(=O)CCCCCN1C(=O)CC(C(C)(C)C)C1=O. The zero-order valence-electron chi connectivity index (χ0n) is 28.6. The van der Waals surface area contributed by atoms with E-state index in [-0.39, 0.29) is 72.7 Å². The van der Waals surface area contributed by atoms with Gasteiger partial charge in [0.15, 0.2) is 0 Å². The van der Waals surface area contributed by atoms with Crippen LogP contribution < -0.4 is 26.6 Å². The van der Waals surface area contributed by atoms with Crippen LogP contribution in [0.1, 0.15) is 79.2 Å². The summed E-state index contributed by atoms with van der Waals surface area (Å²) in [6.45, 7) is 11.5. The van der Waals surface area contributed by atoms with Gasteiger partial charge in [0.25, 0.3) is 0 Å². The fourth-order valence-electron chi connectivity index (χ4n) is 4.86. The normalized spacial score (nSPS) is 15.5. The first kappa shape index (κ1) is 38.9. The quantitative estimate of drug-likeness (QED) is 0.123. The van der Waals surface area contributed by atoms with Crippen molar-refractivity contribution >= 4 is 41.4 Å². The Morgan fingerprint density at radius 1 is 0.766 bits per heavy atom. The molecular weight excluding hydrogens is 604 g/mol. The Kier molecular flexibility index (Phi) is 15.0. The molecule has 260 valence electrons. The molecule has 13 nitrogen and oxygen atoms in total. The van der Waals surface area contributed by atoms with E-state index in [9.17, 15) is 33.6 Å². The summed E-state index contributed by atoms with van der Waals surface area (Å²) < 4.78 is 0. The van der Waals surface area contributed by atoms with Crippen LogP contribution in [-0.4, -0.2) is 85.0 Å². The van der Waals surface area contributed by atoms with E-state index < -0.39 is 30.3 Å². The van der Waals surface area contributed by atoms with Gasteiger partial charge in [-0.05, 0) is 29.2 Å². The summed E-state index contributed by atoms with van der Waals surface area (Å²) in [7, 11) is 0. The van der Waals surface area contributed by atoms with E-state index in [2.05, 4.69) is 26.6 Å². The Balaban J connectivity index is 1.70. The molecule has 2 rings (SSSR count). The molecule has 5 N–H and O–H groups in total. The van der Waals surface area contributed by atoms with Crippen molar-refractivity contribution in [3.05, 3.63) is 35.9 Å². The Morgan fingerprint density at radius 3 is 1.98 bits per heavy atom. The lowest BCUT2D eigenvalue weighted by Gasteiger charge is -2.24. The smallest absolute Gasteiger partial charge is 0.243 e. The van der Waals surface area contributed by atoms with Crippen molar-refractivity contribution in [2.24, 2.45) is 16.7 Å². The fourth-order valence-corrected chi connectivity index (χ4v) is 4.86. The van der Waals surface area contributed by atoms with Crippen molar-refractivity contribution in [3.63, 3.8) is 0 Å². The molecule has 0 spiro atoms. The minimum Gasteiger partial charge on any atom is -0.354 e. The molecule has 1 fully saturated rings. The Bertz CT molecular complexity index is 1270. The summed E-state index contributed by atoms with van der Waals surface area (Å²) in [5.41, 5.74) is 0.403. The molecule has 0 radical (unpaired) electrons. The van der Waals surface area contributed by atoms with Crippen LogP contribution in [-0.2, 0) is 40.0 Å². The van der Waals surface area contributed by atoms with Gasteiger partial charge < -0.3 is 26.6 Å². The number of amides is 7. The third-order valence-electron chi connectivity index (χ3n) is 7.64. The van der Waals surface area contributed by atoms with Crippen LogP contribution >= 0.6 is 0 Å². The number of carbonyl (C=O) groups excluding carboxylic acids is 7. The van der Waals surface area contributed by atoms with Crippen molar-refractivity contribution in [2.45, 2.75) is 86.1 Å². The molecule has 1 aliphatic rings. The second-order valence-corrected chi connectivity index (χ2v) is 14.2. The van der Waals surface area contributed by atoms with Gasteiger partial charge in [-0.3, -0.25) is 38.5 Å². The summed E-state index contributed by atoms with van der Waals surface area (Å²) in [5, 5.41) is 12.9. The molecule has 13 heteroatoms. The number of rotatable bonds is 17. The zero-order valence-corrected chi connectivity index (χ0v) is 28.6. The first-order valence-corrected chi connectivity index (χ1v) is 16.2. The van der Waals surface area contributed by atoms with Crippen LogP contribution in [0.25, 0.3) is 0 Å². The summed E-state index contributed by atoms with van der Waals surface area (Å²) in [6, 6.07) is 8.07. The number of hydrogen-bond acceptors (Lipinski definition) is 7. The number of nitrogens with one attached hydrogen (secondary N) is 5. The Hall–Kier alpha value is -4.29. The van der Waals surface area contributed by atoms with Crippen LogP contribution in [0, 0.1) is 16.7 Å². The first-order valence-electron chi connectivity index (χ1n) is 16.2. The number of imide groups is 1. The molecule has 0 saturated carbocycles. The third-order valence-corrected chi connectivity index (χ3v) is 7.64. The topological polar surface area (TPSA) is 183 Å². The largest absolute Gasteiger partial charge is 0.354 e. The van der Waals surface area contributed by atoms with Gasteiger partial charge in [0.2, 0.25) is 41.4 Å². The highest BCUT2D eigenvalue weighted by Gasteiger charge is 2.44. The van der Waals surface area contributed by atoms with E-state index in [1.54, 1.807) is 12.1 Å². The number of likely N-dealkylation sites (tertiary alicyclic amines) is 1. The maximum absolute atomic E-state index is 12.9. The van der Waals surface area contributed by atoms with Gasteiger partial charge in [0, 0.05) is 32.4 Å². The monoisotopic (exact) mass is 656 g/mol. The lowest BCUT2D eigenvalue weighted by molar-refractivity contribution is -0.140. The zero-order chi connectivity index (χ0) is 35.2. The van der Waals surface area contributed by atoms with Gasteiger partial charge >= 0.3 is 0 Å². The maximum Gasteiger partial charge on any atom is 0.243 e. The van der Waals surface area contributed by atoms with Crippen LogP contribution in [0.2, 0.25) is 0 Å². The molecule has 2 atom stereocenters. The number of unbranched alkanes of at least 4 members (excludes halogenated alkanes) is 2. The average molecular weight is 657 g/mol. The highest BCUT2D eigenvalue weighted by atomic mass is 16.2. The fraction of sp³-hybridized carbons (Fsp3) is 0.618. The second-order valence-electron chi connectivity index (χ2n) is 14.2. The van der Waals surface area contributed by atoms with Gasteiger partial charge in [-0.1, -0.05) is 78.3 Å². The minimum absolute atomic E-state index is 0.117. The predicted octanol–water partition coefficient (Wildman–Crippen LogP) is 1.21. The molecule has 2 unspecified atom stereocenters. The van der Waals surface area contributed by atoms with Crippen LogP contribution in [0.15, 0.2) is 30.3 Å². The molecular formula is C34H52N6O7. The molecule has 47 heavy (non-hydrogen) atoms. The van der Waals surface area contributed by atoms with E-state index in [1.807, 2.05) is 59.7 Å². The maximum atomic E-state index is 12.9. The summed E-state index contributed by atoms with van der Waals surface area (Å²) in [5.74, 6) is -3.01. The lowest BCUT2D eigenvalue weighted by Crippen LogP contribution is -2.52. The standard InChI is InChI=1S/C34H52N6O7/c1-33(2,3)22-38-28(43)20-37-31(46)25(17-23-13-9-7-10-14-23)39-29(44)21-36-27(42)19-35-26(41)15-11-8-12-16-40-30(45)18-24(32(40)47)34(4,5)6/h7,9-10,13-14,24-25H,8,11-12,15-22H2,1-6H3,(H,35,41)(H,36,42)(H,37,46)(H,38,43)(H,39,44). The van der Waals surface area contributed by atoms with E-state index in [0.29, 0.717) is 32.4 Å². The second kappa shape index (κ2) is 18.2. The number of carbonyl (C=O) groups is 7.